The highest BCUT2D eigenvalue weighted by Gasteiger charge is 2.59. The molecular weight excluding hydrogens is 422 g/mol. The molecule has 0 saturated heterocycles. The Balaban J connectivity index is 1.67. The molecule has 5 unspecified atom stereocenters. The van der Waals surface area contributed by atoms with Gasteiger partial charge >= 0.3 is 0 Å². The van der Waals surface area contributed by atoms with Crippen LogP contribution in [-0.2, 0) is 17.8 Å². The van der Waals surface area contributed by atoms with E-state index in [-0.39, 0.29) is 29.8 Å². The number of carbonyl (C=O) groups is 1. The number of amides is 1. The van der Waals surface area contributed by atoms with Gasteiger partial charge in [0.15, 0.2) is 5.13 Å². The second-order valence-corrected chi connectivity index (χ2v) is 11.1. The summed E-state index contributed by atoms with van der Waals surface area (Å²) in [5.41, 5.74) is 1.32. The van der Waals surface area contributed by atoms with Crippen molar-refractivity contribution in [2.45, 2.75) is 58.1 Å². The van der Waals surface area contributed by atoms with Gasteiger partial charge < -0.3 is 20.4 Å². The van der Waals surface area contributed by atoms with Crippen molar-refractivity contribution in [3.05, 3.63) is 46.5 Å². The van der Waals surface area contributed by atoms with Crippen molar-refractivity contribution >= 4 is 22.4 Å². The Labute approximate surface area is 194 Å². The molecule has 2 aromatic rings. The van der Waals surface area contributed by atoms with E-state index in [0.29, 0.717) is 19.4 Å². The zero-order chi connectivity index (χ0) is 23.1. The highest BCUT2D eigenvalue weighted by atomic mass is 32.1. The van der Waals surface area contributed by atoms with Crippen LogP contribution in [0.4, 0.5) is 5.13 Å². The maximum Gasteiger partial charge on any atom is 0.223 e. The van der Waals surface area contributed by atoms with Crippen LogP contribution in [0.2, 0.25) is 0 Å². The highest BCUT2D eigenvalue weighted by molar-refractivity contribution is 7.15. The zero-order valence-electron chi connectivity index (χ0n) is 19.5. The maximum absolute atomic E-state index is 13.4. The lowest BCUT2D eigenvalue weighted by atomic mass is 9.47. The van der Waals surface area contributed by atoms with E-state index in [0.717, 1.165) is 29.2 Å². The summed E-state index contributed by atoms with van der Waals surface area (Å²) in [6.07, 6.45) is 2.08. The third-order valence-corrected chi connectivity index (χ3v) is 9.29. The molecule has 7 heteroatoms. The number of benzene rings is 1. The van der Waals surface area contributed by atoms with Gasteiger partial charge in [0.25, 0.3) is 0 Å². The number of nitrogens with one attached hydrogen (secondary N) is 1. The van der Waals surface area contributed by atoms with Crippen LogP contribution >= 0.6 is 11.3 Å². The largest absolute Gasteiger partial charge is 0.396 e. The molecule has 174 valence electrons. The van der Waals surface area contributed by atoms with Crippen LogP contribution in [0.5, 0.6) is 0 Å². The number of rotatable bonds is 6. The minimum absolute atomic E-state index is 0.0429. The summed E-state index contributed by atoms with van der Waals surface area (Å²) >= 11 is 1.63. The summed E-state index contributed by atoms with van der Waals surface area (Å²) in [6, 6.07) is 10.0. The first-order valence-corrected chi connectivity index (χ1v) is 12.3. The van der Waals surface area contributed by atoms with Crippen LogP contribution in [-0.4, -0.2) is 52.8 Å². The van der Waals surface area contributed by atoms with Gasteiger partial charge in [0, 0.05) is 43.3 Å². The third kappa shape index (κ3) is 3.84. The number of thiazole rings is 1. The van der Waals surface area contributed by atoms with E-state index >= 15 is 0 Å². The minimum Gasteiger partial charge on any atom is -0.396 e. The van der Waals surface area contributed by atoms with Crippen LogP contribution in [0.3, 0.4) is 0 Å². The van der Waals surface area contributed by atoms with Crippen LogP contribution in [0, 0.1) is 16.7 Å². The maximum atomic E-state index is 13.4. The minimum atomic E-state index is -0.592. The molecule has 0 aliphatic heterocycles. The standard InChI is InChI=1S/C25H35N3O3S/c1-24-11-10-20(30)25(2,15-29)19(24)13-18-22(27-23(26-3)32-18)17(24)12-21(31)28(4)14-16-8-6-5-7-9-16/h5-9,17,19-20,29-30H,10-15H2,1-4H3,(H,26,27). The van der Waals surface area contributed by atoms with E-state index in [2.05, 4.69) is 12.2 Å². The second-order valence-electron chi connectivity index (χ2n) is 10.1. The predicted molar refractivity (Wildman–Crippen MR) is 128 cm³/mol. The van der Waals surface area contributed by atoms with Gasteiger partial charge in [-0.2, -0.15) is 0 Å². The molecular formula is C25H35N3O3S. The van der Waals surface area contributed by atoms with Gasteiger partial charge in [-0.3, -0.25) is 4.79 Å². The van der Waals surface area contributed by atoms with Crippen molar-refractivity contribution in [3.8, 4) is 0 Å². The number of aliphatic hydroxyl groups is 2. The molecule has 6 nitrogen and oxygen atoms in total. The fraction of sp³-hybridized carbons (Fsp3) is 0.600. The Morgan fingerprint density at radius 1 is 1.31 bits per heavy atom. The Morgan fingerprint density at radius 3 is 2.69 bits per heavy atom. The first kappa shape index (κ1) is 23.2. The van der Waals surface area contributed by atoms with E-state index in [1.54, 1.807) is 16.2 Å². The molecule has 4 rings (SSSR count). The van der Waals surface area contributed by atoms with Gasteiger partial charge in [0.1, 0.15) is 0 Å². The Kier molecular flexibility index (Phi) is 6.36. The number of fused-ring (bicyclic) bond motifs is 2. The molecule has 1 aromatic heterocycles. The average molecular weight is 458 g/mol. The van der Waals surface area contributed by atoms with Gasteiger partial charge in [-0.25, -0.2) is 4.98 Å². The summed E-state index contributed by atoms with van der Waals surface area (Å²) in [5.74, 6) is 0.139. The molecule has 1 amide bonds. The van der Waals surface area contributed by atoms with Gasteiger partial charge in [-0.05, 0) is 36.2 Å². The molecule has 0 spiro atoms. The van der Waals surface area contributed by atoms with E-state index in [1.165, 1.54) is 4.88 Å². The number of nitrogens with zero attached hydrogens (tertiary/aromatic N) is 2. The number of aliphatic hydroxyl groups excluding tert-OH is 2. The fourth-order valence-electron chi connectivity index (χ4n) is 6.03. The van der Waals surface area contributed by atoms with Crippen molar-refractivity contribution in [1.29, 1.82) is 0 Å². The van der Waals surface area contributed by atoms with Crippen molar-refractivity contribution < 1.29 is 15.0 Å². The zero-order valence-corrected chi connectivity index (χ0v) is 20.3. The molecule has 3 N–H and O–H groups in total. The lowest BCUT2D eigenvalue weighted by Crippen LogP contribution is -2.57. The van der Waals surface area contributed by atoms with Gasteiger partial charge in [-0.15, -0.1) is 11.3 Å². The van der Waals surface area contributed by atoms with Crippen LogP contribution in [0.15, 0.2) is 30.3 Å². The Bertz CT molecular complexity index is 965. The quantitative estimate of drug-likeness (QED) is 0.617. The van der Waals surface area contributed by atoms with E-state index < -0.39 is 11.5 Å². The summed E-state index contributed by atoms with van der Waals surface area (Å²) in [6.45, 7) is 4.76. The highest BCUT2D eigenvalue weighted by Crippen LogP contribution is 2.62. The number of anilines is 1. The van der Waals surface area contributed by atoms with Gasteiger partial charge in [0.05, 0.1) is 18.4 Å². The SMILES string of the molecule is CNc1nc2c(s1)CC1C(C)(CO)C(O)CCC1(C)C2CC(=O)N(C)Cc1ccccc1. The average Bonchev–Trinajstić information content (AvgIpc) is 3.21. The topological polar surface area (TPSA) is 85.7 Å². The first-order valence-electron chi connectivity index (χ1n) is 11.5. The number of aromatic nitrogens is 1. The smallest absolute Gasteiger partial charge is 0.223 e. The molecule has 32 heavy (non-hydrogen) atoms. The lowest BCUT2D eigenvalue weighted by molar-refractivity contribution is -0.147. The number of hydrogen-bond donors (Lipinski definition) is 3. The normalized spacial score (nSPS) is 31.5. The second kappa shape index (κ2) is 8.76. The summed E-state index contributed by atoms with van der Waals surface area (Å²) in [5, 5.41) is 25.2. The molecule has 2 aliphatic rings. The van der Waals surface area contributed by atoms with E-state index in [1.807, 2.05) is 51.4 Å². The van der Waals surface area contributed by atoms with E-state index in [4.69, 9.17) is 4.98 Å². The Hall–Kier alpha value is -1.96. The van der Waals surface area contributed by atoms with E-state index in [9.17, 15) is 15.0 Å². The van der Waals surface area contributed by atoms with Crippen molar-refractivity contribution in [1.82, 2.24) is 9.88 Å². The van der Waals surface area contributed by atoms with Crippen LogP contribution < -0.4 is 5.32 Å². The van der Waals surface area contributed by atoms with Crippen LogP contribution in [0.25, 0.3) is 0 Å². The molecule has 0 bridgehead atoms. The van der Waals surface area contributed by atoms with Crippen molar-refractivity contribution in [3.63, 3.8) is 0 Å². The summed E-state index contributed by atoms with van der Waals surface area (Å²) in [7, 11) is 3.73. The van der Waals surface area contributed by atoms with Crippen molar-refractivity contribution in [2.24, 2.45) is 16.7 Å². The summed E-state index contributed by atoms with van der Waals surface area (Å²) in [4.78, 5) is 21.3. The molecule has 1 heterocycles. The fourth-order valence-corrected chi connectivity index (χ4v) is 7.05. The Morgan fingerprint density at radius 2 is 2.03 bits per heavy atom. The molecule has 2 aliphatic carbocycles. The number of hydrogen-bond acceptors (Lipinski definition) is 6. The monoisotopic (exact) mass is 457 g/mol. The first-order chi connectivity index (χ1) is 15.2. The predicted octanol–water partition coefficient (Wildman–Crippen LogP) is 3.65. The third-order valence-electron chi connectivity index (χ3n) is 8.17. The van der Waals surface area contributed by atoms with Gasteiger partial charge in [-0.1, -0.05) is 44.2 Å². The lowest BCUT2D eigenvalue weighted by Gasteiger charge is -2.58. The summed E-state index contributed by atoms with van der Waals surface area (Å²) < 4.78 is 0. The molecule has 1 fully saturated rings. The molecule has 0 radical (unpaired) electrons. The number of carbonyl (C=O) groups excluding carboxylic acids is 1. The van der Waals surface area contributed by atoms with Gasteiger partial charge in [0.2, 0.25) is 5.91 Å². The van der Waals surface area contributed by atoms with Crippen LogP contribution in [0.1, 0.15) is 55.2 Å². The molecule has 5 atom stereocenters. The van der Waals surface area contributed by atoms with Crippen molar-refractivity contribution in [2.75, 3.05) is 26.0 Å². The molecule has 1 saturated carbocycles. The molecule has 1 aromatic carbocycles.